The molecule has 2 heteroatoms. The predicted octanol–water partition coefficient (Wildman–Crippen LogP) is 4.87. The summed E-state index contributed by atoms with van der Waals surface area (Å²) >= 11 is 0. The Balaban J connectivity index is 1.95. The first-order valence-corrected chi connectivity index (χ1v) is 8.16. The number of nitrogens with zero attached hydrogens (tertiary/aromatic N) is 1. The Morgan fingerprint density at radius 3 is 2.78 bits per heavy atom. The van der Waals surface area contributed by atoms with Crippen molar-refractivity contribution in [1.29, 1.82) is 0 Å². The molecule has 0 saturated heterocycles. The maximum atomic E-state index is 5.78. The minimum absolute atomic E-state index is 0.406. The van der Waals surface area contributed by atoms with Gasteiger partial charge in [-0.25, -0.2) is 0 Å². The van der Waals surface area contributed by atoms with Crippen LogP contribution < -0.4 is 0 Å². The van der Waals surface area contributed by atoms with Gasteiger partial charge >= 0.3 is 0 Å². The summed E-state index contributed by atoms with van der Waals surface area (Å²) in [6.45, 7) is 9.81. The molecule has 0 saturated carbocycles. The fraction of sp³-hybridized carbons (Fsp3) is 0.333. The molecule has 1 atom stereocenters. The van der Waals surface area contributed by atoms with E-state index in [9.17, 15) is 0 Å². The third kappa shape index (κ3) is 5.26. The third-order valence-corrected chi connectivity index (χ3v) is 4.16. The fourth-order valence-corrected chi connectivity index (χ4v) is 2.85. The van der Waals surface area contributed by atoms with Crippen LogP contribution in [-0.2, 0) is 11.3 Å². The second-order valence-corrected chi connectivity index (χ2v) is 6.07. The first kappa shape index (κ1) is 17.3. The first-order valence-electron chi connectivity index (χ1n) is 8.16. The van der Waals surface area contributed by atoms with Crippen molar-refractivity contribution in [3.63, 3.8) is 0 Å². The van der Waals surface area contributed by atoms with E-state index in [1.807, 2.05) is 18.2 Å². The van der Waals surface area contributed by atoms with Crippen molar-refractivity contribution in [2.24, 2.45) is 0 Å². The van der Waals surface area contributed by atoms with Crippen LogP contribution in [0.25, 0.3) is 0 Å². The Morgan fingerprint density at radius 1 is 1.35 bits per heavy atom. The summed E-state index contributed by atoms with van der Waals surface area (Å²) in [5.74, 6) is 0.724. The minimum Gasteiger partial charge on any atom is -0.490 e. The van der Waals surface area contributed by atoms with Crippen molar-refractivity contribution in [2.75, 3.05) is 13.6 Å². The van der Waals surface area contributed by atoms with E-state index in [2.05, 4.69) is 68.8 Å². The van der Waals surface area contributed by atoms with Crippen molar-refractivity contribution < 1.29 is 4.74 Å². The maximum absolute atomic E-state index is 5.78. The average molecular weight is 309 g/mol. The third-order valence-electron chi connectivity index (χ3n) is 4.16. The van der Waals surface area contributed by atoms with E-state index in [0.29, 0.717) is 12.6 Å². The van der Waals surface area contributed by atoms with Crippen LogP contribution in [0.4, 0.5) is 0 Å². The molecule has 1 heterocycles. The minimum atomic E-state index is 0.406. The molecule has 0 N–H and O–H groups in total. The van der Waals surface area contributed by atoms with E-state index in [-0.39, 0.29) is 0 Å². The largest absolute Gasteiger partial charge is 0.490 e. The van der Waals surface area contributed by atoms with Gasteiger partial charge in [-0.1, -0.05) is 60.7 Å². The second kappa shape index (κ2) is 8.54. The SMILES string of the molecule is C=C(C=C(C)C1CC(C=CC)=CCN1C)OCc1ccccc1. The Morgan fingerprint density at radius 2 is 2.09 bits per heavy atom. The molecule has 0 bridgehead atoms. The van der Waals surface area contributed by atoms with E-state index >= 15 is 0 Å². The monoisotopic (exact) mass is 309 g/mol. The topological polar surface area (TPSA) is 12.5 Å². The van der Waals surface area contributed by atoms with Crippen molar-refractivity contribution in [3.05, 3.63) is 83.7 Å². The van der Waals surface area contributed by atoms with Gasteiger partial charge < -0.3 is 4.74 Å². The zero-order chi connectivity index (χ0) is 16.7. The molecule has 1 aliphatic heterocycles. The summed E-state index contributed by atoms with van der Waals surface area (Å²) in [4.78, 5) is 2.36. The number of ether oxygens (including phenoxy) is 1. The molecule has 1 unspecified atom stereocenters. The van der Waals surface area contributed by atoms with Crippen molar-refractivity contribution >= 4 is 0 Å². The smallest absolute Gasteiger partial charge is 0.113 e. The summed E-state index contributed by atoms with van der Waals surface area (Å²) < 4.78 is 5.78. The Hall–Kier alpha value is -2.06. The molecule has 0 aliphatic carbocycles. The number of likely N-dealkylation sites (N-methyl/N-ethyl adjacent to an activating group) is 1. The Bertz CT molecular complexity index is 610. The standard InChI is InChI=1S/C21H27NO/c1-5-9-19-12-13-22(4)21(15-19)17(2)14-18(3)23-16-20-10-7-6-8-11-20/h5-12,14,21H,3,13,15-16H2,1-2,4H3. The van der Waals surface area contributed by atoms with Crippen LogP contribution in [0.1, 0.15) is 25.8 Å². The highest BCUT2D eigenvalue weighted by atomic mass is 16.5. The molecular weight excluding hydrogens is 282 g/mol. The van der Waals surface area contributed by atoms with Gasteiger partial charge in [-0.05, 0) is 44.5 Å². The van der Waals surface area contributed by atoms with E-state index in [1.54, 1.807) is 0 Å². The van der Waals surface area contributed by atoms with Gasteiger partial charge in [0.1, 0.15) is 12.4 Å². The maximum Gasteiger partial charge on any atom is 0.113 e. The first-order chi connectivity index (χ1) is 11.1. The molecule has 0 radical (unpaired) electrons. The highest BCUT2D eigenvalue weighted by molar-refractivity contribution is 5.29. The molecule has 2 nitrogen and oxygen atoms in total. The Labute approximate surface area is 140 Å². The van der Waals surface area contributed by atoms with Gasteiger partial charge in [-0.15, -0.1) is 0 Å². The second-order valence-electron chi connectivity index (χ2n) is 6.07. The van der Waals surface area contributed by atoms with Gasteiger partial charge in [0.15, 0.2) is 0 Å². The number of hydrogen-bond acceptors (Lipinski definition) is 2. The summed E-state index contributed by atoms with van der Waals surface area (Å²) in [7, 11) is 2.17. The number of benzene rings is 1. The van der Waals surface area contributed by atoms with Gasteiger partial charge in [0.05, 0.1) is 0 Å². The van der Waals surface area contributed by atoms with Crippen LogP contribution in [0.3, 0.4) is 0 Å². The van der Waals surface area contributed by atoms with Crippen molar-refractivity contribution in [1.82, 2.24) is 4.90 Å². The quantitative estimate of drug-likeness (QED) is 0.549. The van der Waals surface area contributed by atoms with Crippen LogP contribution in [0.2, 0.25) is 0 Å². The molecule has 1 aromatic carbocycles. The van der Waals surface area contributed by atoms with Crippen LogP contribution in [0.5, 0.6) is 0 Å². The van der Waals surface area contributed by atoms with E-state index in [4.69, 9.17) is 4.74 Å². The summed E-state index contributed by atoms with van der Waals surface area (Å²) in [5.41, 5.74) is 3.85. The Kier molecular flexibility index (Phi) is 6.42. The molecular formula is C21H27NO. The van der Waals surface area contributed by atoms with E-state index in [1.165, 1.54) is 11.1 Å². The number of rotatable bonds is 6. The lowest BCUT2D eigenvalue weighted by atomic mass is 9.94. The van der Waals surface area contributed by atoms with Gasteiger partial charge in [0, 0.05) is 12.6 Å². The van der Waals surface area contributed by atoms with Gasteiger partial charge in [0.25, 0.3) is 0 Å². The summed E-state index contributed by atoms with van der Waals surface area (Å²) in [6, 6.07) is 10.6. The molecule has 23 heavy (non-hydrogen) atoms. The van der Waals surface area contributed by atoms with Gasteiger partial charge in [0.2, 0.25) is 0 Å². The summed E-state index contributed by atoms with van der Waals surface area (Å²) in [5, 5.41) is 0. The lowest BCUT2D eigenvalue weighted by Gasteiger charge is -2.32. The van der Waals surface area contributed by atoms with Crippen LogP contribution in [0, 0.1) is 0 Å². The van der Waals surface area contributed by atoms with Crippen molar-refractivity contribution in [3.8, 4) is 0 Å². The number of allylic oxidation sites excluding steroid dienone is 3. The molecule has 0 spiro atoms. The molecule has 0 amide bonds. The highest BCUT2D eigenvalue weighted by Crippen LogP contribution is 2.24. The fourth-order valence-electron chi connectivity index (χ4n) is 2.85. The zero-order valence-electron chi connectivity index (χ0n) is 14.5. The van der Waals surface area contributed by atoms with Gasteiger partial charge in [-0.3, -0.25) is 4.90 Å². The molecule has 1 aliphatic rings. The molecule has 0 aromatic heterocycles. The van der Waals surface area contributed by atoms with Crippen LogP contribution in [-0.4, -0.2) is 24.5 Å². The normalized spacial score (nSPS) is 19.7. The molecule has 1 aromatic rings. The van der Waals surface area contributed by atoms with Crippen molar-refractivity contribution in [2.45, 2.75) is 32.9 Å². The van der Waals surface area contributed by atoms with E-state index < -0.39 is 0 Å². The highest BCUT2D eigenvalue weighted by Gasteiger charge is 2.20. The molecule has 122 valence electrons. The lowest BCUT2D eigenvalue weighted by molar-refractivity contribution is 0.211. The van der Waals surface area contributed by atoms with Gasteiger partial charge in [-0.2, -0.15) is 0 Å². The zero-order valence-corrected chi connectivity index (χ0v) is 14.5. The van der Waals surface area contributed by atoms with Crippen LogP contribution >= 0.6 is 0 Å². The molecule has 0 fully saturated rings. The number of hydrogen-bond donors (Lipinski definition) is 0. The molecule has 2 rings (SSSR count). The lowest BCUT2D eigenvalue weighted by Crippen LogP contribution is -2.36. The van der Waals surface area contributed by atoms with E-state index in [0.717, 1.165) is 24.3 Å². The average Bonchev–Trinajstić information content (AvgIpc) is 2.56. The summed E-state index contributed by atoms with van der Waals surface area (Å²) in [6.07, 6.45) is 9.71. The predicted molar refractivity (Wildman–Crippen MR) is 98.1 cm³/mol. The van der Waals surface area contributed by atoms with Crippen LogP contribution in [0.15, 0.2) is 78.1 Å².